The van der Waals surface area contributed by atoms with Crippen molar-refractivity contribution in [1.82, 2.24) is 0 Å². The lowest BCUT2D eigenvalue weighted by atomic mass is 9.41. The highest BCUT2D eigenvalue weighted by atomic mass is 16.5. The molecule has 0 aromatic heterocycles. The minimum atomic E-state index is -0.0573. The average molecular weight is 401 g/mol. The first kappa shape index (κ1) is 20.1. The van der Waals surface area contributed by atoms with Crippen molar-refractivity contribution >= 4 is 5.78 Å². The third-order valence-corrected chi connectivity index (χ3v) is 10.4. The van der Waals surface area contributed by atoms with Gasteiger partial charge >= 0.3 is 0 Å². The van der Waals surface area contributed by atoms with Crippen LogP contribution in [0.5, 0.6) is 0 Å². The molecule has 0 saturated heterocycles. The van der Waals surface area contributed by atoms with Gasteiger partial charge in [0.25, 0.3) is 0 Å². The Balaban J connectivity index is 1.48. The molecule has 5 aliphatic carbocycles. The number of carbonyl (C=O) groups is 1. The van der Waals surface area contributed by atoms with Crippen LogP contribution in [0.15, 0.2) is 11.8 Å². The fourth-order valence-electron chi connectivity index (χ4n) is 9.04. The van der Waals surface area contributed by atoms with Crippen molar-refractivity contribution in [2.75, 3.05) is 13.2 Å². The lowest BCUT2D eigenvalue weighted by molar-refractivity contribution is -0.183. The van der Waals surface area contributed by atoms with E-state index in [2.05, 4.69) is 19.9 Å². The molecule has 0 heterocycles. The first-order chi connectivity index (χ1) is 14.0. The number of ketones is 1. The van der Waals surface area contributed by atoms with Gasteiger partial charge in [0.1, 0.15) is 5.78 Å². The van der Waals surface area contributed by atoms with Crippen LogP contribution in [0.1, 0.15) is 84.5 Å². The molecule has 4 saturated carbocycles. The molecular formula is C26H40O3. The summed E-state index contributed by atoms with van der Waals surface area (Å²) in [5.41, 5.74) is 0.457. The smallest absolute Gasteiger partial charge is 0.136 e. The van der Waals surface area contributed by atoms with Crippen LogP contribution in [0.25, 0.3) is 0 Å². The second-order valence-electron chi connectivity index (χ2n) is 11.5. The number of Topliss-reactive ketones (excluding diaryl/α,β-unsaturated/α-hetero) is 1. The zero-order chi connectivity index (χ0) is 20.2. The minimum Gasteiger partial charge on any atom is -0.498 e. The fourth-order valence-corrected chi connectivity index (χ4v) is 9.04. The van der Waals surface area contributed by atoms with E-state index in [1.165, 1.54) is 50.7 Å². The Morgan fingerprint density at radius 1 is 1.14 bits per heavy atom. The van der Waals surface area contributed by atoms with Gasteiger partial charge < -0.3 is 9.84 Å². The van der Waals surface area contributed by atoms with Gasteiger partial charge in [-0.1, -0.05) is 20.3 Å². The zero-order valence-corrected chi connectivity index (χ0v) is 18.5. The molecule has 8 atom stereocenters. The van der Waals surface area contributed by atoms with Crippen LogP contribution in [0, 0.1) is 46.3 Å². The predicted molar refractivity (Wildman–Crippen MR) is 114 cm³/mol. The van der Waals surface area contributed by atoms with Crippen LogP contribution < -0.4 is 0 Å². The third kappa shape index (κ3) is 3.05. The molecule has 0 bridgehead atoms. The second-order valence-corrected chi connectivity index (χ2v) is 11.5. The number of hydrogen-bond donors (Lipinski definition) is 1. The summed E-state index contributed by atoms with van der Waals surface area (Å²) in [5, 5.41) is 10.9. The second kappa shape index (κ2) is 7.39. The van der Waals surface area contributed by atoms with Gasteiger partial charge in [-0.2, -0.15) is 0 Å². The summed E-state index contributed by atoms with van der Waals surface area (Å²) in [5.74, 6) is 4.49. The molecule has 4 fully saturated rings. The van der Waals surface area contributed by atoms with Gasteiger partial charge in [-0.25, -0.2) is 0 Å². The Morgan fingerprint density at radius 3 is 2.76 bits per heavy atom. The van der Waals surface area contributed by atoms with E-state index in [4.69, 9.17) is 4.74 Å². The highest BCUT2D eigenvalue weighted by Crippen LogP contribution is 2.67. The highest BCUT2D eigenvalue weighted by Gasteiger charge is 2.63. The average Bonchev–Trinajstić information content (AvgIpc) is 3.37. The van der Waals surface area contributed by atoms with Crippen LogP contribution in [0.3, 0.4) is 0 Å². The summed E-state index contributed by atoms with van der Waals surface area (Å²) in [6, 6.07) is 0. The van der Waals surface area contributed by atoms with Gasteiger partial charge in [0.2, 0.25) is 0 Å². The lowest BCUT2D eigenvalue weighted by Gasteiger charge is -2.63. The van der Waals surface area contributed by atoms with Crippen molar-refractivity contribution in [3.63, 3.8) is 0 Å². The monoisotopic (exact) mass is 400 g/mol. The third-order valence-electron chi connectivity index (χ3n) is 10.4. The summed E-state index contributed by atoms with van der Waals surface area (Å²) in [6.45, 7) is 5.71. The van der Waals surface area contributed by atoms with E-state index in [1.807, 2.05) is 0 Å². The first-order valence-electron chi connectivity index (χ1n) is 12.4. The summed E-state index contributed by atoms with van der Waals surface area (Å²) >= 11 is 0. The topological polar surface area (TPSA) is 46.5 Å². The van der Waals surface area contributed by atoms with E-state index < -0.39 is 0 Å². The van der Waals surface area contributed by atoms with Crippen LogP contribution in [-0.4, -0.2) is 24.1 Å². The quantitative estimate of drug-likeness (QED) is 0.676. The van der Waals surface area contributed by atoms with E-state index in [-0.39, 0.29) is 17.9 Å². The van der Waals surface area contributed by atoms with E-state index in [1.54, 1.807) is 0 Å². The molecule has 3 nitrogen and oxygen atoms in total. The maximum Gasteiger partial charge on any atom is 0.136 e. The summed E-state index contributed by atoms with van der Waals surface area (Å²) in [4.78, 5) is 12.8. The van der Waals surface area contributed by atoms with Crippen molar-refractivity contribution in [3.05, 3.63) is 11.8 Å². The predicted octanol–water partition coefficient (Wildman–Crippen LogP) is 5.52. The SMILES string of the molecule is C[C@@H]1C(=O)CC[C@@]2(CO)[C@H]1[C@H](COC1=CCCC1)C[C@H]1[C@@H]3CCC[C@@]3(C)CC[C@@H]12. The molecule has 0 amide bonds. The standard InChI is InChI=1S/C26H40O3/c1-17-23(28)10-13-26(16-27)22-9-12-25(2)11-5-8-21(25)20(22)14-18(24(17)26)15-29-19-6-3-4-7-19/h6,17-18,20-22,24,27H,3-5,7-16H2,1-2H3/t17-,18+,20+,21+,22+,24-,25+,26+/m1/s1. The van der Waals surface area contributed by atoms with Gasteiger partial charge in [0.05, 0.1) is 12.4 Å². The molecule has 1 N–H and O–H groups in total. The van der Waals surface area contributed by atoms with Gasteiger partial charge in [-0.3, -0.25) is 4.79 Å². The Morgan fingerprint density at radius 2 is 2.00 bits per heavy atom. The molecule has 3 heteroatoms. The maximum atomic E-state index is 12.8. The number of carbonyl (C=O) groups excluding carboxylic acids is 1. The molecule has 0 spiro atoms. The summed E-state index contributed by atoms with van der Waals surface area (Å²) in [6.07, 6.45) is 15.2. The highest BCUT2D eigenvalue weighted by molar-refractivity contribution is 5.82. The summed E-state index contributed by atoms with van der Waals surface area (Å²) in [7, 11) is 0. The van der Waals surface area contributed by atoms with Crippen LogP contribution in [-0.2, 0) is 9.53 Å². The van der Waals surface area contributed by atoms with Gasteiger partial charge in [-0.15, -0.1) is 0 Å². The van der Waals surface area contributed by atoms with Crippen molar-refractivity contribution in [2.45, 2.75) is 84.5 Å². The number of rotatable bonds is 4. The number of hydrogen-bond acceptors (Lipinski definition) is 3. The van der Waals surface area contributed by atoms with E-state index in [0.717, 1.165) is 31.8 Å². The van der Waals surface area contributed by atoms with Gasteiger partial charge in [-0.05, 0) is 92.4 Å². The molecule has 0 aliphatic heterocycles. The molecule has 0 aromatic carbocycles. The molecule has 5 aliphatic rings. The number of fused-ring (bicyclic) bond motifs is 5. The first-order valence-corrected chi connectivity index (χ1v) is 12.4. The number of aliphatic hydroxyl groups excluding tert-OH is 1. The molecular weight excluding hydrogens is 360 g/mol. The number of ether oxygens (including phenoxy) is 1. The van der Waals surface area contributed by atoms with Crippen LogP contribution in [0.4, 0.5) is 0 Å². The zero-order valence-electron chi connectivity index (χ0n) is 18.5. The maximum absolute atomic E-state index is 12.8. The Kier molecular flexibility index (Phi) is 5.12. The van der Waals surface area contributed by atoms with Crippen molar-refractivity contribution in [2.24, 2.45) is 46.3 Å². The molecule has 0 unspecified atom stereocenters. The lowest BCUT2D eigenvalue weighted by Crippen LogP contribution is -2.61. The Bertz CT molecular complexity index is 683. The Labute approximate surface area is 176 Å². The molecule has 162 valence electrons. The molecule has 5 rings (SSSR count). The fraction of sp³-hybridized carbons (Fsp3) is 0.885. The van der Waals surface area contributed by atoms with Crippen LogP contribution in [0.2, 0.25) is 0 Å². The normalized spacial score (nSPS) is 49.2. The summed E-state index contributed by atoms with van der Waals surface area (Å²) < 4.78 is 6.35. The van der Waals surface area contributed by atoms with Gasteiger partial charge in [0.15, 0.2) is 0 Å². The Hall–Kier alpha value is -0.830. The van der Waals surface area contributed by atoms with E-state index in [9.17, 15) is 9.90 Å². The number of aliphatic hydroxyl groups is 1. The van der Waals surface area contributed by atoms with Crippen molar-refractivity contribution in [1.29, 1.82) is 0 Å². The van der Waals surface area contributed by atoms with E-state index in [0.29, 0.717) is 41.3 Å². The number of allylic oxidation sites excluding steroid dienone is 2. The molecule has 29 heavy (non-hydrogen) atoms. The van der Waals surface area contributed by atoms with Crippen LogP contribution >= 0.6 is 0 Å². The largest absolute Gasteiger partial charge is 0.498 e. The van der Waals surface area contributed by atoms with E-state index >= 15 is 0 Å². The van der Waals surface area contributed by atoms with Gasteiger partial charge in [0, 0.05) is 30.8 Å². The molecule has 0 aromatic rings. The van der Waals surface area contributed by atoms with Crippen molar-refractivity contribution < 1.29 is 14.6 Å². The minimum absolute atomic E-state index is 0.0573. The van der Waals surface area contributed by atoms with Crippen molar-refractivity contribution in [3.8, 4) is 0 Å². The molecule has 0 radical (unpaired) electrons.